The minimum absolute atomic E-state index is 0.0778. The Kier molecular flexibility index (Phi) is 4.10. The third-order valence-electron chi connectivity index (χ3n) is 3.75. The number of aliphatic hydroxyl groups is 1. The van der Waals surface area contributed by atoms with Crippen LogP contribution in [0.15, 0.2) is 40.5 Å². The van der Waals surface area contributed by atoms with Crippen LogP contribution < -0.4 is 5.32 Å². The van der Waals surface area contributed by atoms with Gasteiger partial charge in [0.1, 0.15) is 5.60 Å². The first kappa shape index (κ1) is 14.3. The standard InChI is InChI=1S/C15H17NO4S/c17-14(11-3-5-19-8-11)16-10-15(18,12-4-6-20-9-12)13-2-1-7-21-13/h1-2,4,6-7,9,11,18H,3,5,8,10H2,(H,16,17)/t11-,15+/m0/s1. The highest BCUT2D eigenvalue weighted by Gasteiger charge is 2.35. The molecule has 1 saturated heterocycles. The van der Waals surface area contributed by atoms with E-state index < -0.39 is 5.60 Å². The highest BCUT2D eigenvalue weighted by Crippen LogP contribution is 2.32. The molecule has 3 rings (SSSR count). The SMILES string of the molecule is O=C(NC[C@@](O)(c1ccoc1)c1cccs1)[C@H]1CCOC1. The predicted octanol–water partition coefficient (Wildman–Crippen LogP) is 1.73. The monoisotopic (exact) mass is 307 g/mol. The molecule has 0 saturated carbocycles. The number of hydrogen-bond donors (Lipinski definition) is 2. The minimum Gasteiger partial charge on any atom is -0.472 e. The third-order valence-corrected chi connectivity index (χ3v) is 4.77. The Morgan fingerprint density at radius 2 is 2.43 bits per heavy atom. The molecule has 0 aliphatic carbocycles. The largest absolute Gasteiger partial charge is 0.472 e. The lowest BCUT2D eigenvalue weighted by atomic mass is 9.94. The van der Waals surface area contributed by atoms with Gasteiger partial charge in [-0.25, -0.2) is 0 Å². The van der Waals surface area contributed by atoms with Crippen molar-refractivity contribution in [1.82, 2.24) is 5.32 Å². The molecule has 2 atom stereocenters. The number of thiophene rings is 1. The van der Waals surface area contributed by atoms with Gasteiger partial charge < -0.3 is 19.6 Å². The first-order valence-electron chi connectivity index (χ1n) is 6.84. The summed E-state index contributed by atoms with van der Waals surface area (Å²) in [5.74, 6) is -0.201. The van der Waals surface area contributed by atoms with Crippen LogP contribution in [0.4, 0.5) is 0 Å². The molecule has 1 aliphatic heterocycles. The minimum atomic E-state index is -1.27. The Labute approximate surface area is 126 Å². The van der Waals surface area contributed by atoms with E-state index in [9.17, 15) is 9.90 Å². The van der Waals surface area contributed by atoms with E-state index in [1.54, 1.807) is 6.07 Å². The molecule has 21 heavy (non-hydrogen) atoms. The topological polar surface area (TPSA) is 71.7 Å². The van der Waals surface area contributed by atoms with Crippen molar-refractivity contribution in [2.24, 2.45) is 5.92 Å². The Bertz CT molecular complexity index is 539. The van der Waals surface area contributed by atoms with Gasteiger partial charge in [0.05, 0.1) is 31.6 Å². The molecule has 0 radical (unpaired) electrons. The number of ether oxygens (including phenoxy) is 1. The van der Waals surface area contributed by atoms with E-state index in [4.69, 9.17) is 9.15 Å². The molecule has 0 unspecified atom stereocenters. The Hall–Kier alpha value is -1.63. The third kappa shape index (κ3) is 2.88. The van der Waals surface area contributed by atoms with Crippen LogP contribution in [0.25, 0.3) is 0 Å². The summed E-state index contributed by atoms with van der Waals surface area (Å²) in [6.07, 6.45) is 3.75. The van der Waals surface area contributed by atoms with Crippen molar-refractivity contribution in [1.29, 1.82) is 0 Å². The molecule has 112 valence electrons. The second kappa shape index (κ2) is 6.01. The smallest absolute Gasteiger partial charge is 0.225 e. The molecule has 0 spiro atoms. The molecular formula is C15H17NO4S. The summed E-state index contributed by atoms with van der Waals surface area (Å²) in [5.41, 5.74) is -0.635. The average molecular weight is 307 g/mol. The highest BCUT2D eigenvalue weighted by molar-refractivity contribution is 7.10. The number of hydrogen-bond acceptors (Lipinski definition) is 5. The van der Waals surface area contributed by atoms with Gasteiger partial charge in [0, 0.05) is 17.0 Å². The molecule has 2 N–H and O–H groups in total. The van der Waals surface area contributed by atoms with Crippen LogP contribution in [0, 0.1) is 5.92 Å². The summed E-state index contributed by atoms with van der Waals surface area (Å²) in [6.45, 7) is 1.19. The van der Waals surface area contributed by atoms with E-state index in [1.165, 1.54) is 23.9 Å². The molecule has 1 amide bonds. The summed E-state index contributed by atoms with van der Waals surface area (Å²) in [6, 6.07) is 5.44. The number of rotatable bonds is 5. The second-order valence-corrected chi connectivity index (χ2v) is 6.08. The van der Waals surface area contributed by atoms with E-state index in [0.29, 0.717) is 18.8 Å². The average Bonchev–Trinajstić information content (AvgIpc) is 3.27. The normalized spacial score (nSPS) is 21.1. The molecule has 1 fully saturated rings. The van der Waals surface area contributed by atoms with Gasteiger partial charge in [-0.05, 0) is 23.9 Å². The molecular weight excluding hydrogens is 290 g/mol. The van der Waals surface area contributed by atoms with E-state index in [1.807, 2.05) is 17.5 Å². The zero-order chi connectivity index (χ0) is 14.7. The van der Waals surface area contributed by atoms with Crippen LogP contribution >= 0.6 is 11.3 Å². The fraction of sp³-hybridized carbons (Fsp3) is 0.400. The van der Waals surface area contributed by atoms with E-state index in [0.717, 1.165) is 11.3 Å². The second-order valence-electron chi connectivity index (χ2n) is 5.13. The van der Waals surface area contributed by atoms with Crippen molar-refractivity contribution in [3.05, 3.63) is 46.5 Å². The molecule has 3 heterocycles. The number of carbonyl (C=O) groups is 1. The number of nitrogens with one attached hydrogen (secondary N) is 1. The fourth-order valence-electron chi connectivity index (χ4n) is 2.45. The predicted molar refractivity (Wildman–Crippen MR) is 78.0 cm³/mol. The summed E-state index contributed by atoms with van der Waals surface area (Å²) in [7, 11) is 0. The quantitative estimate of drug-likeness (QED) is 0.882. The molecule has 6 heteroatoms. The van der Waals surface area contributed by atoms with Gasteiger partial charge in [0.25, 0.3) is 0 Å². The van der Waals surface area contributed by atoms with E-state index in [2.05, 4.69) is 5.32 Å². The van der Waals surface area contributed by atoms with Gasteiger partial charge in [-0.15, -0.1) is 11.3 Å². The molecule has 2 aromatic heterocycles. The van der Waals surface area contributed by atoms with Crippen LogP contribution in [0.3, 0.4) is 0 Å². The summed E-state index contributed by atoms with van der Waals surface area (Å²) < 4.78 is 10.3. The first-order valence-corrected chi connectivity index (χ1v) is 7.72. The molecule has 0 bridgehead atoms. The van der Waals surface area contributed by atoms with Crippen LogP contribution in [0.5, 0.6) is 0 Å². The van der Waals surface area contributed by atoms with Gasteiger partial charge >= 0.3 is 0 Å². The summed E-state index contributed by atoms with van der Waals surface area (Å²) in [4.78, 5) is 12.9. The Balaban J connectivity index is 1.76. The van der Waals surface area contributed by atoms with Gasteiger partial charge in [-0.2, -0.15) is 0 Å². The maximum Gasteiger partial charge on any atom is 0.225 e. The maximum atomic E-state index is 12.1. The molecule has 1 aliphatic rings. The number of furan rings is 1. The van der Waals surface area contributed by atoms with Gasteiger partial charge in [-0.3, -0.25) is 4.79 Å². The number of amides is 1. The maximum absolute atomic E-state index is 12.1. The Morgan fingerprint density at radius 1 is 1.52 bits per heavy atom. The van der Waals surface area contributed by atoms with Crippen LogP contribution in [0.2, 0.25) is 0 Å². The van der Waals surface area contributed by atoms with Crippen molar-refractivity contribution in [2.75, 3.05) is 19.8 Å². The van der Waals surface area contributed by atoms with Gasteiger partial charge in [0.15, 0.2) is 0 Å². The summed E-state index contributed by atoms with van der Waals surface area (Å²) >= 11 is 1.44. The van der Waals surface area contributed by atoms with Crippen molar-refractivity contribution >= 4 is 17.2 Å². The van der Waals surface area contributed by atoms with Gasteiger partial charge in [0.2, 0.25) is 5.91 Å². The first-order chi connectivity index (χ1) is 10.2. The lowest BCUT2D eigenvalue weighted by Crippen LogP contribution is -2.43. The molecule has 0 aromatic carbocycles. The molecule has 5 nitrogen and oxygen atoms in total. The van der Waals surface area contributed by atoms with E-state index >= 15 is 0 Å². The zero-order valence-electron chi connectivity index (χ0n) is 11.5. The zero-order valence-corrected chi connectivity index (χ0v) is 12.3. The molecule has 2 aromatic rings. The van der Waals surface area contributed by atoms with Crippen LogP contribution in [-0.4, -0.2) is 30.8 Å². The van der Waals surface area contributed by atoms with E-state index in [-0.39, 0.29) is 18.4 Å². The van der Waals surface area contributed by atoms with Crippen molar-refractivity contribution in [3.8, 4) is 0 Å². The van der Waals surface area contributed by atoms with Crippen molar-refractivity contribution in [2.45, 2.75) is 12.0 Å². The van der Waals surface area contributed by atoms with Crippen molar-refractivity contribution in [3.63, 3.8) is 0 Å². The van der Waals surface area contributed by atoms with Crippen LogP contribution in [0.1, 0.15) is 16.9 Å². The van der Waals surface area contributed by atoms with Crippen LogP contribution in [-0.2, 0) is 15.1 Å². The van der Waals surface area contributed by atoms with Gasteiger partial charge in [-0.1, -0.05) is 6.07 Å². The highest BCUT2D eigenvalue weighted by atomic mass is 32.1. The van der Waals surface area contributed by atoms with Crippen molar-refractivity contribution < 1.29 is 19.1 Å². The Morgan fingerprint density at radius 3 is 3.05 bits per heavy atom. The number of carbonyl (C=O) groups excluding carboxylic acids is 1. The summed E-state index contributed by atoms with van der Waals surface area (Å²) in [5, 5.41) is 15.8. The lowest BCUT2D eigenvalue weighted by molar-refractivity contribution is -0.125. The fourth-order valence-corrected chi connectivity index (χ4v) is 3.29. The lowest BCUT2D eigenvalue weighted by Gasteiger charge is -2.27.